The molecule has 17 heavy (non-hydrogen) atoms. The minimum atomic E-state index is 0.212. The molecule has 1 atom stereocenters. The SMILES string of the molecule is CCCNCCC1(OCC2CCOC2)CCC1. The van der Waals surface area contributed by atoms with Gasteiger partial charge < -0.3 is 14.8 Å². The third-order valence-corrected chi connectivity index (χ3v) is 4.10. The second-order valence-corrected chi connectivity index (χ2v) is 5.58. The van der Waals surface area contributed by atoms with Crippen molar-refractivity contribution in [1.29, 1.82) is 0 Å². The fraction of sp³-hybridized carbons (Fsp3) is 1.00. The van der Waals surface area contributed by atoms with E-state index in [2.05, 4.69) is 12.2 Å². The van der Waals surface area contributed by atoms with Crippen LogP contribution in [-0.2, 0) is 9.47 Å². The highest BCUT2D eigenvalue weighted by atomic mass is 16.5. The number of ether oxygens (including phenoxy) is 2. The molecule has 2 aliphatic rings. The van der Waals surface area contributed by atoms with E-state index in [-0.39, 0.29) is 5.60 Å². The fourth-order valence-corrected chi connectivity index (χ4v) is 2.67. The van der Waals surface area contributed by atoms with Crippen LogP contribution in [0.4, 0.5) is 0 Å². The van der Waals surface area contributed by atoms with E-state index in [1.165, 1.54) is 38.5 Å². The molecule has 3 nitrogen and oxygen atoms in total. The Morgan fingerprint density at radius 3 is 2.82 bits per heavy atom. The normalized spacial score (nSPS) is 27.0. The van der Waals surface area contributed by atoms with Crippen molar-refractivity contribution in [2.45, 2.75) is 51.0 Å². The molecule has 100 valence electrons. The van der Waals surface area contributed by atoms with Crippen LogP contribution >= 0.6 is 0 Å². The van der Waals surface area contributed by atoms with Gasteiger partial charge in [-0.15, -0.1) is 0 Å². The highest BCUT2D eigenvalue weighted by Gasteiger charge is 2.38. The van der Waals surface area contributed by atoms with Crippen LogP contribution in [-0.4, -0.2) is 38.5 Å². The molecule has 0 spiro atoms. The monoisotopic (exact) mass is 241 g/mol. The van der Waals surface area contributed by atoms with Crippen LogP contribution in [0.15, 0.2) is 0 Å². The van der Waals surface area contributed by atoms with Crippen molar-refractivity contribution < 1.29 is 9.47 Å². The van der Waals surface area contributed by atoms with E-state index < -0.39 is 0 Å². The number of rotatable bonds is 8. The maximum atomic E-state index is 6.21. The maximum absolute atomic E-state index is 6.21. The molecule has 1 saturated heterocycles. The highest BCUT2D eigenvalue weighted by Crippen LogP contribution is 2.39. The van der Waals surface area contributed by atoms with Crippen molar-refractivity contribution in [2.24, 2.45) is 5.92 Å². The first-order valence-corrected chi connectivity index (χ1v) is 7.27. The number of nitrogens with one attached hydrogen (secondary N) is 1. The third-order valence-electron chi connectivity index (χ3n) is 4.10. The Kier molecular flexibility index (Phi) is 5.26. The van der Waals surface area contributed by atoms with Gasteiger partial charge in [-0.1, -0.05) is 6.92 Å². The zero-order valence-corrected chi connectivity index (χ0v) is 11.2. The first-order chi connectivity index (χ1) is 8.35. The Bertz CT molecular complexity index is 210. The molecular formula is C14H27NO2. The smallest absolute Gasteiger partial charge is 0.0694 e. The highest BCUT2D eigenvalue weighted by molar-refractivity contribution is 4.90. The second kappa shape index (κ2) is 6.72. The quantitative estimate of drug-likeness (QED) is 0.662. The van der Waals surface area contributed by atoms with E-state index in [4.69, 9.17) is 9.47 Å². The molecule has 0 aromatic heterocycles. The van der Waals surface area contributed by atoms with Crippen LogP contribution in [0.2, 0.25) is 0 Å². The molecular weight excluding hydrogens is 214 g/mol. The third kappa shape index (κ3) is 3.94. The van der Waals surface area contributed by atoms with Crippen molar-refractivity contribution in [1.82, 2.24) is 5.32 Å². The molecule has 1 aliphatic carbocycles. The van der Waals surface area contributed by atoms with Gasteiger partial charge in [0.25, 0.3) is 0 Å². The summed E-state index contributed by atoms with van der Waals surface area (Å²) in [6.07, 6.45) is 7.44. The molecule has 1 unspecified atom stereocenters. The maximum Gasteiger partial charge on any atom is 0.0694 e. The molecule has 0 bridgehead atoms. The molecule has 3 heteroatoms. The number of hydrogen-bond acceptors (Lipinski definition) is 3. The van der Waals surface area contributed by atoms with Gasteiger partial charge in [0.15, 0.2) is 0 Å². The minimum absolute atomic E-state index is 0.212. The summed E-state index contributed by atoms with van der Waals surface area (Å²) in [6, 6.07) is 0. The predicted molar refractivity (Wildman–Crippen MR) is 69.2 cm³/mol. The summed E-state index contributed by atoms with van der Waals surface area (Å²) in [5.41, 5.74) is 0.212. The van der Waals surface area contributed by atoms with E-state index in [1.54, 1.807) is 0 Å². The van der Waals surface area contributed by atoms with Gasteiger partial charge in [0.1, 0.15) is 0 Å². The number of hydrogen-bond donors (Lipinski definition) is 1. The molecule has 1 heterocycles. The standard InChI is InChI=1S/C14H27NO2/c1-2-8-15-9-7-14(5-3-6-14)17-12-13-4-10-16-11-13/h13,15H,2-12H2,1H3. The Labute approximate surface area is 105 Å². The van der Waals surface area contributed by atoms with Gasteiger partial charge in [-0.25, -0.2) is 0 Å². The molecule has 0 aromatic carbocycles. The van der Waals surface area contributed by atoms with Gasteiger partial charge >= 0.3 is 0 Å². The molecule has 1 saturated carbocycles. The predicted octanol–water partition coefficient (Wildman–Crippen LogP) is 2.35. The van der Waals surface area contributed by atoms with Crippen LogP contribution in [0, 0.1) is 5.92 Å². The van der Waals surface area contributed by atoms with Crippen molar-refractivity contribution in [2.75, 3.05) is 32.9 Å². The molecule has 0 radical (unpaired) electrons. The van der Waals surface area contributed by atoms with Gasteiger partial charge in [0.2, 0.25) is 0 Å². The van der Waals surface area contributed by atoms with Crippen LogP contribution in [0.5, 0.6) is 0 Å². The van der Waals surface area contributed by atoms with Crippen molar-refractivity contribution >= 4 is 0 Å². The summed E-state index contributed by atoms with van der Waals surface area (Å²) in [7, 11) is 0. The summed E-state index contributed by atoms with van der Waals surface area (Å²) in [5.74, 6) is 0.649. The van der Waals surface area contributed by atoms with E-state index in [1.807, 2.05) is 0 Å². The largest absolute Gasteiger partial charge is 0.381 e. The van der Waals surface area contributed by atoms with Crippen molar-refractivity contribution in [3.63, 3.8) is 0 Å². The Hall–Kier alpha value is -0.120. The molecule has 0 amide bonds. The molecule has 2 rings (SSSR count). The van der Waals surface area contributed by atoms with E-state index in [0.29, 0.717) is 5.92 Å². The van der Waals surface area contributed by atoms with Gasteiger partial charge in [0.05, 0.1) is 18.8 Å². The Balaban J connectivity index is 1.63. The first-order valence-electron chi connectivity index (χ1n) is 7.27. The molecule has 1 N–H and O–H groups in total. The second-order valence-electron chi connectivity index (χ2n) is 5.58. The van der Waals surface area contributed by atoms with Gasteiger partial charge in [-0.3, -0.25) is 0 Å². The Morgan fingerprint density at radius 1 is 1.35 bits per heavy atom. The van der Waals surface area contributed by atoms with E-state index in [0.717, 1.165) is 32.9 Å². The summed E-state index contributed by atoms with van der Waals surface area (Å²) in [4.78, 5) is 0. The molecule has 1 aliphatic heterocycles. The summed E-state index contributed by atoms with van der Waals surface area (Å²) in [5, 5.41) is 3.48. The summed E-state index contributed by atoms with van der Waals surface area (Å²) < 4.78 is 11.6. The summed E-state index contributed by atoms with van der Waals surface area (Å²) >= 11 is 0. The lowest BCUT2D eigenvalue weighted by molar-refractivity contribution is -0.115. The zero-order valence-electron chi connectivity index (χ0n) is 11.2. The van der Waals surface area contributed by atoms with Crippen LogP contribution < -0.4 is 5.32 Å². The Morgan fingerprint density at radius 2 is 2.24 bits per heavy atom. The van der Waals surface area contributed by atoms with Gasteiger partial charge in [-0.2, -0.15) is 0 Å². The average Bonchev–Trinajstić information content (AvgIpc) is 2.79. The van der Waals surface area contributed by atoms with Gasteiger partial charge in [-0.05, 0) is 51.6 Å². The van der Waals surface area contributed by atoms with Crippen LogP contribution in [0.1, 0.15) is 45.4 Å². The van der Waals surface area contributed by atoms with Crippen molar-refractivity contribution in [3.05, 3.63) is 0 Å². The van der Waals surface area contributed by atoms with Crippen molar-refractivity contribution in [3.8, 4) is 0 Å². The fourth-order valence-electron chi connectivity index (χ4n) is 2.67. The minimum Gasteiger partial charge on any atom is -0.381 e. The molecule has 0 aromatic rings. The lowest BCUT2D eigenvalue weighted by Gasteiger charge is -2.42. The van der Waals surface area contributed by atoms with E-state index >= 15 is 0 Å². The van der Waals surface area contributed by atoms with Crippen LogP contribution in [0.3, 0.4) is 0 Å². The topological polar surface area (TPSA) is 30.5 Å². The first kappa shape index (κ1) is 13.3. The van der Waals surface area contributed by atoms with Crippen LogP contribution in [0.25, 0.3) is 0 Å². The summed E-state index contributed by atoms with van der Waals surface area (Å²) in [6.45, 7) is 7.20. The lowest BCUT2D eigenvalue weighted by Crippen LogP contribution is -2.43. The van der Waals surface area contributed by atoms with Gasteiger partial charge in [0, 0.05) is 12.5 Å². The average molecular weight is 241 g/mol. The zero-order chi connectivity index (χ0) is 12.0. The lowest BCUT2D eigenvalue weighted by atomic mass is 9.77. The molecule has 2 fully saturated rings. The van der Waals surface area contributed by atoms with E-state index in [9.17, 15) is 0 Å².